The molecule has 0 radical (unpaired) electrons. The molecular weight excluding hydrogens is 466 g/mol. The molecule has 0 bridgehead atoms. The summed E-state index contributed by atoms with van der Waals surface area (Å²) in [6.45, 7) is 0. The fraction of sp³-hybridized carbons (Fsp3) is 0.200. The number of aromatic nitrogens is 3. The Labute approximate surface area is 205 Å². The van der Waals surface area contributed by atoms with E-state index in [0.29, 0.717) is 27.1 Å². The summed E-state index contributed by atoms with van der Waals surface area (Å²) in [6.07, 6.45) is 4.06. The Hall–Kier alpha value is -3.61. The number of nitrogens with zero attached hydrogens (tertiary/aromatic N) is 4. The number of phenols is 1. The molecule has 0 saturated heterocycles. The van der Waals surface area contributed by atoms with Crippen LogP contribution in [0.15, 0.2) is 59.8 Å². The largest absolute Gasteiger partial charge is 0.507 e. The van der Waals surface area contributed by atoms with Gasteiger partial charge in [-0.2, -0.15) is 5.26 Å². The number of benzene rings is 2. The molecule has 9 heteroatoms. The molecule has 0 atom stereocenters. The number of hydrogen-bond donors (Lipinski definition) is 2. The summed E-state index contributed by atoms with van der Waals surface area (Å²) in [4.78, 5) is 14.0. The standard InChI is InChI=1S/C25H21N5O2S2/c26-14-19-17-10-5-7-13-21(17)34-24(19)27-22(32)15-33-25-29-28-23(18-11-4-6-12-20(18)31)30(25)16-8-2-1-3-9-16/h1-4,6,8-9,11-12,31H,5,7,10,13,15H2,(H,27,32). The highest BCUT2D eigenvalue weighted by Crippen LogP contribution is 2.38. The number of nitrogens with one attached hydrogen (secondary N) is 1. The number of amides is 1. The van der Waals surface area contributed by atoms with Crippen molar-refractivity contribution in [2.24, 2.45) is 0 Å². The van der Waals surface area contributed by atoms with Gasteiger partial charge in [0.1, 0.15) is 16.8 Å². The van der Waals surface area contributed by atoms with E-state index in [4.69, 9.17) is 0 Å². The van der Waals surface area contributed by atoms with Crippen LogP contribution < -0.4 is 5.32 Å². The number of thiophene rings is 1. The predicted octanol–water partition coefficient (Wildman–Crippen LogP) is 5.18. The third kappa shape index (κ3) is 4.30. The number of hydrogen-bond acceptors (Lipinski definition) is 7. The molecule has 0 saturated carbocycles. The molecule has 7 nitrogen and oxygen atoms in total. The van der Waals surface area contributed by atoms with Gasteiger partial charge in [0.05, 0.1) is 16.9 Å². The Balaban J connectivity index is 1.39. The van der Waals surface area contributed by atoms with Crippen LogP contribution in [0.25, 0.3) is 17.1 Å². The summed E-state index contributed by atoms with van der Waals surface area (Å²) in [5, 5.41) is 32.7. The van der Waals surface area contributed by atoms with Crippen molar-refractivity contribution in [1.29, 1.82) is 5.26 Å². The van der Waals surface area contributed by atoms with E-state index >= 15 is 0 Å². The number of nitriles is 1. The Kier molecular flexibility index (Phi) is 6.34. The van der Waals surface area contributed by atoms with E-state index in [1.165, 1.54) is 28.0 Å². The number of para-hydroxylation sites is 2. The molecule has 2 N–H and O–H groups in total. The first-order chi connectivity index (χ1) is 16.7. The summed E-state index contributed by atoms with van der Waals surface area (Å²) < 4.78 is 1.83. The van der Waals surface area contributed by atoms with E-state index in [0.717, 1.165) is 36.9 Å². The molecule has 1 aliphatic carbocycles. The van der Waals surface area contributed by atoms with Crippen LogP contribution >= 0.6 is 23.1 Å². The molecule has 2 aromatic carbocycles. The SMILES string of the molecule is N#Cc1c(NC(=O)CSc2nnc(-c3ccccc3O)n2-c2ccccc2)sc2c1CCCC2. The van der Waals surface area contributed by atoms with Gasteiger partial charge in [-0.05, 0) is 55.5 Å². The van der Waals surface area contributed by atoms with Gasteiger partial charge in [-0.25, -0.2) is 0 Å². The van der Waals surface area contributed by atoms with Crippen LogP contribution in [0.4, 0.5) is 5.00 Å². The fourth-order valence-electron chi connectivity index (χ4n) is 4.08. The highest BCUT2D eigenvalue weighted by molar-refractivity contribution is 7.99. The fourth-order valence-corrected chi connectivity index (χ4v) is 6.08. The second-order valence-electron chi connectivity index (χ2n) is 7.86. The Morgan fingerprint density at radius 3 is 2.68 bits per heavy atom. The van der Waals surface area contributed by atoms with Crippen molar-refractivity contribution in [3.8, 4) is 28.9 Å². The first-order valence-electron chi connectivity index (χ1n) is 10.9. The molecule has 0 spiro atoms. The lowest BCUT2D eigenvalue weighted by molar-refractivity contribution is -0.113. The molecule has 1 amide bonds. The zero-order valence-corrected chi connectivity index (χ0v) is 19.8. The number of phenolic OH excluding ortho intramolecular Hbond substituents is 1. The van der Waals surface area contributed by atoms with Crippen molar-refractivity contribution in [2.75, 3.05) is 11.1 Å². The van der Waals surface area contributed by atoms with E-state index in [-0.39, 0.29) is 17.4 Å². The van der Waals surface area contributed by atoms with E-state index in [9.17, 15) is 15.2 Å². The van der Waals surface area contributed by atoms with Gasteiger partial charge in [-0.3, -0.25) is 9.36 Å². The predicted molar refractivity (Wildman–Crippen MR) is 133 cm³/mol. The lowest BCUT2D eigenvalue weighted by Crippen LogP contribution is -2.14. The minimum absolute atomic E-state index is 0.104. The maximum Gasteiger partial charge on any atom is 0.235 e. The van der Waals surface area contributed by atoms with Crippen molar-refractivity contribution in [1.82, 2.24) is 14.8 Å². The highest BCUT2D eigenvalue weighted by Gasteiger charge is 2.23. The summed E-state index contributed by atoms with van der Waals surface area (Å²) in [5.41, 5.74) is 3.08. The highest BCUT2D eigenvalue weighted by atomic mass is 32.2. The Bertz CT molecular complexity index is 1390. The van der Waals surface area contributed by atoms with Gasteiger partial charge in [0.2, 0.25) is 5.91 Å². The van der Waals surface area contributed by atoms with E-state index < -0.39 is 0 Å². The normalized spacial score (nSPS) is 12.7. The van der Waals surface area contributed by atoms with Gasteiger partial charge in [0.25, 0.3) is 0 Å². The molecule has 0 unspecified atom stereocenters. The van der Waals surface area contributed by atoms with Crippen LogP contribution in [-0.2, 0) is 17.6 Å². The minimum atomic E-state index is -0.202. The third-order valence-electron chi connectivity index (χ3n) is 5.66. The molecule has 5 rings (SSSR count). The minimum Gasteiger partial charge on any atom is -0.507 e. The van der Waals surface area contributed by atoms with Gasteiger partial charge >= 0.3 is 0 Å². The zero-order chi connectivity index (χ0) is 23.5. The molecule has 34 heavy (non-hydrogen) atoms. The number of carbonyl (C=O) groups is 1. The van der Waals surface area contributed by atoms with Crippen LogP contribution in [0.2, 0.25) is 0 Å². The molecule has 170 valence electrons. The number of carbonyl (C=O) groups excluding carboxylic acids is 1. The van der Waals surface area contributed by atoms with E-state index in [1.54, 1.807) is 18.2 Å². The first kappa shape index (κ1) is 22.2. The number of aromatic hydroxyl groups is 1. The molecule has 0 fully saturated rings. The van der Waals surface area contributed by atoms with Crippen LogP contribution in [-0.4, -0.2) is 31.5 Å². The second-order valence-corrected chi connectivity index (χ2v) is 9.91. The smallest absolute Gasteiger partial charge is 0.235 e. The van der Waals surface area contributed by atoms with Crippen molar-refractivity contribution >= 4 is 34.0 Å². The van der Waals surface area contributed by atoms with Crippen LogP contribution in [0.1, 0.15) is 28.8 Å². The maximum atomic E-state index is 12.8. The summed E-state index contributed by atoms with van der Waals surface area (Å²) in [5.74, 6) is 0.503. The van der Waals surface area contributed by atoms with Crippen LogP contribution in [0.5, 0.6) is 5.75 Å². The number of fused-ring (bicyclic) bond motifs is 1. The van der Waals surface area contributed by atoms with E-state index in [2.05, 4.69) is 21.6 Å². The second kappa shape index (κ2) is 9.71. The lowest BCUT2D eigenvalue weighted by Gasteiger charge is -2.11. The van der Waals surface area contributed by atoms with Crippen molar-refractivity contribution < 1.29 is 9.90 Å². The first-order valence-corrected chi connectivity index (χ1v) is 12.7. The number of rotatable bonds is 6. The zero-order valence-electron chi connectivity index (χ0n) is 18.2. The van der Waals surface area contributed by atoms with E-state index in [1.807, 2.05) is 41.0 Å². The lowest BCUT2D eigenvalue weighted by atomic mass is 9.96. The summed E-state index contributed by atoms with van der Waals surface area (Å²) in [6, 6.07) is 18.8. The van der Waals surface area contributed by atoms with Gasteiger partial charge in [-0.1, -0.05) is 42.1 Å². The quantitative estimate of drug-likeness (QED) is 0.363. The maximum absolute atomic E-state index is 12.8. The van der Waals surface area contributed by atoms with Crippen LogP contribution in [0.3, 0.4) is 0 Å². The topological polar surface area (TPSA) is 104 Å². The molecule has 1 aliphatic rings. The van der Waals surface area contributed by atoms with Crippen molar-refractivity contribution in [3.05, 3.63) is 70.6 Å². The van der Waals surface area contributed by atoms with Crippen LogP contribution in [0, 0.1) is 11.3 Å². The summed E-state index contributed by atoms with van der Waals surface area (Å²) >= 11 is 2.77. The molecule has 2 aromatic heterocycles. The molecule has 2 heterocycles. The van der Waals surface area contributed by atoms with Crippen molar-refractivity contribution in [3.63, 3.8) is 0 Å². The average molecular weight is 488 g/mol. The summed E-state index contributed by atoms with van der Waals surface area (Å²) in [7, 11) is 0. The van der Waals surface area contributed by atoms with Gasteiger partial charge < -0.3 is 10.4 Å². The number of aryl methyl sites for hydroxylation is 1. The van der Waals surface area contributed by atoms with Crippen molar-refractivity contribution in [2.45, 2.75) is 30.8 Å². The number of anilines is 1. The number of thioether (sulfide) groups is 1. The molecule has 4 aromatic rings. The van der Waals surface area contributed by atoms with Gasteiger partial charge in [0.15, 0.2) is 11.0 Å². The average Bonchev–Trinajstić information content (AvgIpc) is 3.44. The van der Waals surface area contributed by atoms with Gasteiger partial charge in [0, 0.05) is 10.6 Å². The molecule has 0 aliphatic heterocycles. The third-order valence-corrected chi connectivity index (χ3v) is 7.80. The Morgan fingerprint density at radius 2 is 1.88 bits per heavy atom. The Morgan fingerprint density at radius 1 is 1.12 bits per heavy atom. The monoisotopic (exact) mass is 487 g/mol. The molecular formula is C25H21N5O2S2. The van der Waals surface area contributed by atoms with Gasteiger partial charge in [-0.15, -0.1) is 21.5 Å².